The summed E-state index contributed by atoms with van der Waals surface area (Å²) in [4.78, 5) is 20.7. The zero-order valence-corrected chi connectivity index (χ0v) is 18.6. The molecule has 156 valence electrons. The Bertz CT molecular complexity index is 1150. The van der Waals surface area contributed by atoms with Gasteiger partial charge in [-0.1, -0.05) is 24.3 Å². The molecule has 3 aromatic rings. The molecule has 0 aliphatic heterocycles. The van der Waals surface area contributed by atoms with Gasteiger partial charge in [-0.25, -0.2) is 9.67 Å². The number of benzene rings is 1. The van der Waals surface area contributed by atoms with Crippen LogP contribution in [0.15, 0.2) is 30.3 Å². The molecule has 0 N–H and O–H groups in total. The van der Waals surface area contributed by atoms with Crippen LogP contribution in [0.5, 0.6) is 0 Å². The van der Waals surface area contributed by atoms with E-state index in [4.69, 9.17) is 10.1 Å². The standard InChI is InChI=1S/C25H30N4O/c1-15-22-19(24(30)28(5)21-13-12-16-8-6-7-9-18(16)21)14-20(17-10-11-17)26-23(22)29(27-15)25(2,3)4/h6-9,14,17,21H,10-13H2,1-5H3. The van der Waals surface area contributed by atoms with Gasteiger partial charge in [0.15, 0.2) is 5.65 Å². The van der Waals surface area contributed by atoms with Crippen LogP contribution in [-0.4, -0.2) is 32.6 Å². The molecule has 1 fully saturated rings. The third kappa shape index (κ3) is 3.03. The number of carbonyl (C=O) groups excluding carboxylic acids is 1. The van der Waals surface area contributed by atoms with E-state index in [0.717, 1.165) is 53.7 Å². The molecular formula is C25H30N4O. The molecule has 2 heterocycles. The first-order valence-electron chi connectivity index (χ1n) is 11.0. The third-order valence-electron chi connectivity index (χ3n) is 6.58. The van der Waals surface area contributed by atoms with E-state index < -0.39 is 0 Å². The van der Waals surface area contributed by atoms with Crippen LogP contribution in [0, 0.1) is 6.92 Å². The molecule has 1 amide bonds. The fraction of sp³-hybridized carbons (Fsp3) is 0.480. The molecule has 0 saturated heterocycles. The first-order valence-corrected chi connectivity index (χ1v) is 11.0. The van der Waals surface area contributed by atoms with Crippen molar-refractivity contribution in [2.45, 2.75) is 70.9 Å². The topological polar surface area (TPSA) is 51.0 Å². The molecule has 0 bridgehead atoms. The average Bonchev–Trinajstić information content (AvgIpc) is 3.39. The molecule has 30 heavy (non-hydrogen) atoms. The van der Waals surface area contributed by atoms with E-state index in [2.05, 4.69) is 45.0 Å². The number of nitrogens with zero attached hydrogens (tertiary/aromatic N) is 4. The van der Waals surface area contributed by atoms with Crippen LogP contribution in [-0.2, 0) is 12.0 Å². The van der Waals surface area contributed by atoms with Crippen molar-refractivity contribution in [1.82, 2.24) is 19.7 Å². The Hall–Kier alpha value is -2.69. The van der Waals surface area contributed by atoms with Crippen molar-refractivity contribution in [2.24, 2.45) is 0 Å². The van der Waals surface area contributed by atoms with Gasteiger partial charge in [0.05, 0.1) is 28.2 Å². The maximum absolute atomic E-state index is 13.8. The number of hydrogen-bond acceptors (Lipinski definition) is 3. The summed E-state index contributed by atoms with van der Waals surface area (Å²) in [5.41, 5.74) is 5.95. The van der Waals surface area contributed by atoms with Gasteiger partial charge >= 0.3 is 0 Å². The Labute approximate surface area is 178 Å². The summed E-state index contributed by atoms with van der Waals surface area (Å²) in [6, 6.07) is 10.7. The minimum absolute atomic E-state index is 0.0718. The third-order valence-corrected chi connectivity index (χ3v) is 6.58. The number of carbonyl (C=O) groups is 1. The SMILES string of the molecule is Cc1nn(C(C)(C)C)c2nc(C3CC3)cc(C(=O)N(C)C3CCc4ccccc43)c12. The number of aryl methyl sites for hydroxylation is 2. The van der Waals surface area contributed by atoms with Crippen molar-refractivity contribution in [1.29, 1.82) is 0 Å². The van der Waals surface area contributed by atoms with Gasteiger partial charge in [-0.05, 0) is 70.6 Å². The van der Waals surface area contributed by atoms with Crippen molar-refractivity contribution < 1.29 is 4.79 Å². The van der Waals surface area contributed by atoms with Crippen LogP contribution in [0.25, 0.3) is 11.0 Å². The van der Waals surface area contributed by atoms with Crippen molar-refractivity contribution in [3.8, 4) is 0 Å². The zero-order valence-electron chi connectivity index (χ0n) is 18.6. The van der Waals surface area contributed by atoms with E-state index in [-0.39, 0.29) is 17.5 Å². The lowest BCUT2D eigenvalue weighted by atomic mass is 10.0. The van der Waals surface area contributed by atoms with Gasteiger partial charge in [0, 0.05) is 18.7 Å². The fourth-order valence-electron chi connectivity index (χ4n) is 4.80. The van der Waals surface area contributed by atoms with Crippen molar-refractivity contribution in [2.75, 3.05) is 7.05 Å². The predicted octanol–water partition coefficient (Wildman–Crippen LogP) is 5.13. The highest BCUT2D eigenvalue weighted by Gasteiger charge is 2.34. The minimum atomic E-state index is -0.196. The molecule has 1 unspecified atom stereocenters. The van der Waals surface area contributed by atoms with Gasteiger partial charge in [0.1, 0.15) is 0 Å². The Kier molecular flexibility index (Phi) is 4.28. The highest BCUT2D eigenvalue weighted by Crippen LogP contribution is 2.42. The molecule has 0 radical (unpaired) electrons. The maximum atomic E-state index is 13.8. The molecule has 2 aromatic heterocycles. The highest BCUT2D eigenvalue weighted by atomic mass is 16.2. The van der Waals surface area contributed by atoms with Gasteiger partial charge in [-0.15, -0.1) is 0 Å². The number of rotatable bonds is 3. The summed E-state index contributed by atoms with van der Waals surface area (Å²) >= 11 is 0. The van der Waals surface area contributed by atoms with E-state index in [9.17, 15) is 4.79 Å². The fourth-order valence-corrected chi connectivity index (χ4v) is 4.80. The van der Waals surface area contributed by atoms with Gasteiger partial charge in [0.25, 0.3) is 5.91 Å². The van der Waals surface area contributed by atoms with Gasteiger partial charge in [-0.3, -0.25) is 4.79 Å². The van der Waals surface area contributed by atoms with E-state index in [1.807, 2.05) is 29.6 Å². The summed E-state index contributed by atoms with van der Waals surface area (Å²) in [6.07, 6.45) is 4.31. The highest BCUT2D eigenvalue weighted by molar-refractivity contribution is 6.06. The number of aromatic nitrogens is 3. The maximum Gasteiger partial charge on any atom is 0.254 e. The molecule has 0 spiro atoms. The van der Waals surface area contributed by atoms with Crippen molar-refractivity contribution in [3.63, 3.8) is 0 Å². The summed E-state index contributed by atoms with van der Waals surface area (Å²) < 4.78 is 1.99. The quantitative estimate of drug-likeness (QED) is 0.610. The molecule has 2 aliphatic rings. The molecule has 1 aromatic carbocycles. The average molecular weight is 403 g/mol. The van der Waals surface area contributed by atoms with Crippen LogP contribution < -0.4 is 0 Å². The van der Waals surface area contributed by atoms with E-state index in [0.29, 0.717) is 5.92 Å². The molecular weight excluding hydrogens is 372 g/mol. The summed E-state index contributed by atoms with van der Waals surface area (Å²) in [5.74, 6) is 0.546. The lowest BCUT2D eigenvalue weighted by Crippen LogP contribution is -2.30. The monoisotopic (exact) mass is 402 g/mol. The Morgan fingerprint density at radius 3 is 2.60 bits per heavy atom. The summed E-state index contributed by atoms with van der Waals surface area (Å²) in [7, 11) is 1.95. The molecule has 5 rings (SSSR count). The minimum Gasteiger partial charge on any atom is -0.335 e. The normalized spacial score (nSPS) is 18.6. The lowest BCUT2D eigenvalue weighted by molar-refractivity contribution is 0.0732. The Morgan fingerprint density at radius 2 is 1.90 bits per heavy atom. The van der Waals surface area contributed by atoms with E-state index >= 15 is 0 Å². The molecule has 5 nitrogen and oxygen atoms in total. The first kappa shape index (κ1) is 19.3. The van der Waals surface area contributed by atoms with Crippen LogP contribution in [0.3, 0.4) is 0 Å². The van der Waals surface area contributed by atoms with E-state index in [1.54, 1.807) is 0 Å². The molecule has 5 heteroatoms. The summed E-state index contributed by atoms with van der Waals surface area (Å²) in [5, 5.41) is 5.70. The second kappa shape index (κ2) is 6.66. The number of fused-ring (bicyclic) bond motifs is 2. The van der Waals surface area contributed by atoms with Gasteiger partial charge < -0.3 is 4.90 Å². The van der Waals surface area contributed by atoms with Gasteiger partial charge in [-0.2, -0.15) is 5.10 Å². The predicted molar refractivity (Wildman–Crippen MR) is 119 cm³/mol. The van der Waals surface area contributed by atoms with Crippen LogP contribution in [0.1, 0.15) is 84.9 Å². The first-order chi connectivity index (χ1) is 14.3. The molecule has 2 aliphatic carbocycles. The second-order valence-electron chi connectivity index (χ2n) is 9.90. The lowest BCUT2D eigenvalue weighted by Gasteiger charge is -2.26. The zero-order chi connectivity index (χ0) is 21.2. The number of amides is 1. The van der Waals surface area contributed by atoms with Crippen molar-refractivity contribution >= 4 is 16.9 Å². The Balaban J connectivity index is 1.63. The largest absolute Gasteiger partial charge is 0.335 e. The van der Waals surface area contributed by atoms with Crippen LogP contribution >= 0.6 is 0 Å². The van der Waals surface area contributed by atoms with E-state index in [1.165, 1.54) is 11.1 Å². The molecule has 1 atom stereocenters. The van der Waals surface area contributed by atoms with Gasteiger partial charge in [0.2, 0.25) is 0 Å². The molecule has 1 saturated carbocycles. The number of hydrogen-bond donors (Lipinski definition) is 0. The smallest absolute Gasteiger partial charge is 0.254 e. The van der Waals surface area contributed by atoms with Crippen molar-refractivity contribution in [3.05, 3.63) is 58.4 Å². The number of pyridine rings is 1. The summed E-state index contributed by atoms with van der Waals surface area (Å²) in [6.45, 7) is 8.39. The van der Waals surface area contributed by atoms with Crippen LogP contribution in [0.4, 0.5) is 0 Å². The Morgan fingerprint density at radius 1 is 1.17 bits per heavy atom. The second-order valence-corrected chi connectivity index (χ2v) is 9.90. The van der Waals surface area contributed by atoms with Crippen LogP contribution in [0.2, 0.25) is 0 Å².